The van der Waals surface area contributed by atoms with Crippen molar-refractivity contribution < 1.29 is 4.74 Å². The van der Waals surface area contributed by atoms with Crippen molar-refractivity contribution in [2.45, 2.75) is 19.8 Å². The second-order valence-corrected chi connectivity index (χ2v) is 4.43. The van der Waals surface area contributed by atoms with E-state index in [1.165, 1.54) is 0 Å². The van der Waals surface area contributed by atoms with Crippen LogP contribution in [-0.2, 0) is 13.5 Å². The summed E-state index contributed by atoms with van der Waals surface area (Å²) in [6.45, 7) is 3.15. The SMILES string of the molecule is CCCOc1nc(Cl)nc(NCCc2nncn2C)n1. The van der Waals surface area contributed by atoms with Gasteiger partial charge in [0.1, 0.15) is 12.2 Å². The van der Waals surface area contributed by atoms with Gasteiger partial charge in [0.15, 0.2) is 0 Å². The topological polar surface area (TPSA) is 90.6 Å². The fraction of sp³-hybridized carbons (Fsp3) is 0.545. The number of hydrogen-bond acceptors (Lipinski definition) is 7. The maximum Gasteiger partial charge on any atom is 0.322 e. The van der Waals surface area contributed by atoms with Crippen LogP contribution in [0.5, 0.6) is 6.01 Å². The van der Waals surface area contributed by atoms with E-state index in [9.17, 15) is 0 Å². The molecule has 0 fully saturated rings. The highest BCUT2D eigenvalue weighted by Gasteiger charge is 2.06. The van der Waals surface area contributed by atoms with Crippen LogP contribution in [0, 0.1) is 0 Å². The number of nitrogens with zero attached hydrogens (tertiary/aromatic N) is 6. The van der Waals surface area contributed by atoms with Crippen molar-refractivity contribution in [2.75, 3.05) is 18.5 Å². The number of halogens is 1. The van der Waals surface area contributed by atoms with Gasteiger partial charge < -0.3 is 14.6 Å². The number of anilines is 1. The molecule has 0 aliphatic rings. The number of aryl methyl sites for hydroxylation is 1. The molecule has 0 aromatic carbocycles. The number of ether oxygens (including phenoxy) is 1. The lowest BCUT2D eigenvalue weighted by Crippen LogP contribution is -2.12. The van der Waals surface area contributed by atoms with E-state index in [1.54, 1.807) is 6.33 Å². The highest BCUT2D eigenvalue weighted by Crippen LogP contribution is 2.11. The summed E-state index contributed by atoms with van der Waals surface area (Å²) >= 11 is 5.82. The van der Waals surface area contributed by atoms with Gasteiger partial charge in [0.05, 0.1) is 6.61 Å². The summed E-state index contributed by atoms with van der Waals surface area (Å²) in [5.41, 5.74) is 0. The van der Waals surface area contributed by atoms with Gasteiger partial charge in [0.25, 0.3) is 0 Å². The molecule has 2 aromatic heterocycles. The van der Waals surface area contributed by atoms with Crippen molar-refractivity contribution in [2.24, 2.45) is 7.05 Å². The van der Waals surface area contributed by atoms with E-state index in [4.69, 9.17) is 16.3 Å². The Morgan fingerprint density at radius 1 is 1.35 bits per heavy atom. The van der Waals surface area contributed by atoms with E-state index >= 15 is 0 Å². The highest BCUT2D eigenvalue weighted by atomic mass is 35.5. The van der Waals surface area contributed by atoms with E-state index in [1.807, 2.05) is 18.5 Å². The van der Waals surface area contributed by atoms with Crippen LogP contribution < -0.4 is 10.1 Å². The third kappa shape index (κ3) is 4.02. The highest BCUT2D eigenvalue weighted by molar-refractivity contribution is 6.28. The van der Waals surface area contributed by atoms with E-state index in [2.05, 4.69) is 30.5 Å². The molecule has 0 bridgehead atoms. The van der Waals surface area contributed by atoms with Crippen LogP contribution in [0.25, 0.3) is 0 Å². The Morgan fingerprint density at radius 3 is 2.90 bits per heavy atom. The summed E-state index contributed by atoms with van der Waals surface area (Å²) in [6.07, 6.45) is 3.23. The van der Waals surface area contributed by atoms with Crippen molar-refractivity contribution >= 4 is 17.5 Å². The average Bonchev–Trinajstić information content (AvgIpc) is 2.82. The molecule has 0 saturated carbocycles. The third-order valence-corrected chi connectivity index (χ3v) is 2.63. The first-order valence-electron chi connectivity index (χ1n) is 6.30. The van der Waals surface area contributed by atoms with E-state index in [-0.39, 0.29) is 11.3 Å². The monoisotopic (exact) mass is 297 g/mol. The number of aromatic nitrogens is 6. The lowest BCUT2D eigenvalue weighted by molar-refractivity contribution is 0.291. The van der Waals surface area contributed by atoms with E-state index < -0.39 is 0 Å². The number of nitrogens with one attached hydrogen (secondary N) is 1. The Kier molecular flexibility index (Phi) is 5.05. The van der Waals surface area contributed by atoms with Gasteiger partial charge in [0, 0.05) is 20.0 Å². The lowest BCUT2D eigenvalue weighted by atomic mass is 10.4. The summed E-state index contributed by atoms with van der Waals surface area (Å²) in [4.78, 5) is 12.0. The number of hydrogen-bond donors (Lipinski definition) is 1. The molecular formula is C11H16ClN7O. The minimum absolute atomic E-state index is 0.104. The molecule has 0 unspecified atom stereocenters. The molecule has 108 valence electrons. The summed E-state index contributed by atoms with van der Waals surface area (Å²) in [7, 11) is 1.89. The molecule has 0 aliphatic carbocycles. The quantitative estimate of drug-likeness (QED) is 0.818. The molecule has 8 nitrogen and oxygen atoms in total. The molecule has 0 atom stereocenters. The molecule has 0 spiro atoms. The Labute approximate surface area is 121 Å². The Hall–Kier alpha value is -1.96. The molecule has 1 N–H and O–H groups in total. The zero-order chi connectivity index (χ0) is 14.4. The molecule has 0 amide bonds. The van der Waals surface area contributed by atoms with Crippen LogP contribution >= 0.6 is 11.6 Å². The summed E-state index contributed by atoms with van der Waals surface area (Å²) in [6, 6.07) is 0.230. The largest absolute Gasteiger partial charge is 0.463 e. The van der Waals surface area contributed by atoms with Gasteiger partial charge in [-0.1, -0.05) is 6.92 Å². The van der Waals surface area contributed by atoms with Crippen molar-refractivity contribution in [3.05, 3.63) is 17.4 Å². The van der Waals surface area contributed by atoms with Crippen LogP contribution in [0.15, 0.2) is 6.33 Å². The second kappa shape index (κ2) is 6.99. The first-order valence-corrected chi connectivity index (χ1v) is 6.68. The molecule has 2 rings (SSSR count). The van der Waals surface area contributed by atoms with Crippen LogP contribution in [-0.4, -0.2) is 42.9 Å². The zero-order valence-electron chi connectivity index (χ0n) is 11.4. The van der Waals surface area contributed by atoms with E-state index in [0.29, 0.717) is 25.5 Å². The standard InChI is InChI=1S/C11H16ClN7O/c1-3-6-20-11-16-9(12)15-10(17-11)13-5-4-8-18-14-7-19(8)2/h7H,3-6H2,1-2H3,(H,13,15,16,17). The molecule has 2 aromatic rings. The van der Waals surface area contributed by atoms with Gasteiger partial charge in [-0.15, -0.1) is 10.2 Å². The molecule has 9 heteroatoms. The summed E-state index contributed by atoms with van der Waals surface area (Å²) in [5.74, 6) is 1.26. The predicted molar refractivity (Wildman–Crippen MR) is 73.8 cm³/mol. The van der Waals surface area contributed by atoms with Crippen LogP contribution in [0.3, 0.4) is 0 Å². The second-order valence-electron chi connectivity index (χ2n) is 4.09. The predicted octanol–water partition coefficient (Wildman–Crippen LogP) is 1.10. The van der Waals surface area contributed by atoms with Crippen LogP contribution in [0.2, 0.25) is 5.28 Å². The Bertz CT molecular complexity index is 559. The first-order chi connectivity index (χ1) is 9.69. The van der Waals surface area contributed by atoms with Crippen molar-refractivity contribution in [1.82, 2.24) is 29.7 Å². The summed E-state index contributed by atoms with van der Waals surface area (Å²) in [5, 5.41) is 11.0. The Morgan fingerprint density at radius 2 is 2.20 bits per heavy atom. The lowest BCUT2D eigenvalue weighted by Gasteiger charge is -2.07. The Balaban J connectivity index is 1.91. The van der Waals surface area contributed by atoms with Crippen molar-refractivity contribution in [3.8, 4) is 6.01 Å². The minimum Gasteiger partial charge on any atom is -0.463 e. The van der Waals surface area contributed by atoms with Crippen molar-refractivity contribution in [3.63, 3.8) is 0 Å². The van der Waals surface area contributed by atoms with Crippen LogP contribution in [0.1, 0.15) is 19.2 Å². The maximum atomic E-state index is 5.82. The van der Waals surface area contributed by atoms with Crippen molar-refractivity contribution in [1.29, 1.82) is 0 Å². The van der Waals surface area contributed by atoms with Gasteiger partial charge in [-0.25, -0.2) is 0 Å². The van der Waals surface area contributed by atoms with Gasteiger partial charge in [-0.2, -0.15) is 15.0 Å². The fourth-order valence-electron chi connectivity index (χ4n) is 1.49. The van der Waals surface area contributed by atoms with Gasteiger partial charge in [0.2, 0.25) is 11.2 Å². The molecular weight excluding hydrogens is 282 g/mol. The zero-order valence-corrected chi connectivity index (χ0v) is 12.1. The smallest absolute Gasteiger partial charge is 0.322 e. The van der Waals surface area contributed by atoms with Crippen LogP contribution in [0.4, 0.5) is 5.95 Å². The molecule has 0 saturated heterocycles. The third-order valence-electron chi connectivity index (χ3n) is 2.46. The minimum atomic E-state index is 0.104. The fourth-order valence-corrected chi connectivity index (χ4v) is 1.64. The first kappa shape index (κ1) is 14.4. The van der Waals surface area contributed by atoms with Gasteiger partial charge in [-0.3, -0.25) is 0 Å². The molecule has 20 heavy (non-hydrogen) atoms. The molecule has 0 aliphatic heterocycles. The molecule has 2 heterocycles. The molecule has 0 radical (unpaired) electrons. The summed E-state index contributed by atoms with van der Waals surface area (Å²) < 4.78 is 7.19. The van der Waals surface area contributed by atoms with E-state index in [0.717, 1.165) is 12.2 Å². The number of rotatable bonds is 7. The van der Waals surface area contributed by atoms with Gasteiger partial charge >= 0.3 is 6.01 Å². The average molecular weight is 298 g/mol. The maximum absolute atomic E-state index is 5.82. The van der Waals surface area contributed by atoms with Gasteiger partial charge in [-0.05, 0) is 18.0 Å². The normalized spacial score (nSPS) is 10.6.